The van der Waals surface area contributed by atoms with Crippen LogP contribution in [0.1, 0.15) is 12.8 Å². The Morgan fingerprint density at radius 3 is 1.50 bits per heavy atom. The molecule has 0 spiro atoms. The van der Waals surface area contributed by atoms with Gasteiger partial charge in [0.2, 0.25) is 0 Å². The van der Waals surface area contributed by atoms with E-state index in [2.05, 4.69) is 39.3 Å². The molecule has 0 amide bonds. The average Bonchev–Trinajstić information content (AvgIpc) is 2.28. The monoisotopic (exact) mass is 223 g/mol. The van der Waals surface area contributed by atoms with Crippen LogP contribution in [-0.2, 0) is 4.74 Å². The molecule has 1 aliphatic rings. The summed E-state index contributed by atoms with van der Waals surface area (Å²) in [6, 6.07) is 0. The van der Waals surface area contributed by atoms with Gasteiger partial charge >= 0.3 is 0 Å². The van der Waals surface area contributed by atoms with Crippen LogP contribution in [-0.4, -0.2) is 46.5 Å². The summed E-state index contributed by atoms with van der Waals surface area (Å²) in [5, 5.41) is 0. The first-order chi connectivity index (χ1) is 5.71. The summed E-state index contributed by atoms with van der Waals surface area (Å²) < 4.78 is 6.19. The third-order valence-electron chi connectivity index (χ3n) is 3.44. The zero-order valence-electron chi connectivity index (χ0n) is 11.0. The molecule has 0 unspecified atom stereocenters. The van der Waals surface area contributed by atoms with Gasteiger partial charge in [0.05, 0.1) is 16.1 Å². The van der Waals surface area contributed by atoms with Gasteiger partial charge in [0.1, 0.15) is 0 Å². The molecule has 1 saturated heterocycles. The third kappa shape index (κ3) is 2.38. The first kappa shape index (κ1) is 15.0. The number of hydrogen-bond acceptors (Lipinski definition) is 1. The molecule has 4 heteroatoms. The zero-order valence-corrected chi connectivity index (χ0v) is 13.0. The summed E-state index contributed by atoms with van der Waals surface area (Å²) >= 11 is 0. The molecule has 1 aliphatic heterocycles. The Hall–Kier alpha value is 0.991. The Morgan fingerprint density at radius 1 is 0.929 bits per heavy atom. The van der Waals surface area contributed by atoms with E-state index in [1.54, 1.807) is 0 Å². The van der Waals surface area contributed by atoms with E-state index >= 15 is 0 Å². The molecule has 14 heavy (non-hydrogen) atoms. The molecule has 0 bridgehead atoms. The molecule has 0 atom stereocenters. The van der Waals surface area contributed by atoms with Crippen LogP contribution in [0.3, 0.4) is 0 Å². The second kappa shape index (κ2) is 4.47. The molecule has 0 aliphatic carbocycles. The Balaban J connectivity index is 0.00000169. The molecule has 1 fully saturated rings. The van der Waals surface area contributed by atoms with Crippen LogP contribution >= 0.6 is 0 Å². The van der Waals surface area contributed by atoms with Crippen molar-refractivity contribution in [1.82, 2.24) is 0 Å². The molecule has 1 nitrogen and oxygen atoms in total. The molecule has 1 heterocycles. The van der Waals surface area contributed by atoms with E-state index in [0.29, 0.717) is 4.85 Å². The summed E-state index contributed by atoms with van der Waals surface area (Å²) in [6.07, 6.45) is 2.62. The van der Waals surface area contributed by atoms with Gasteiger partial charge in [-0.3, -0.25) is 0 Å². The fraction of sp³-hybridized carbons (Fsp3) is 1.00. The Labute approximate surface area is 103 Å². The predicted octanol–water partition coefficient (Wildman–Crippen LogP) is 2.91. The number of ether oxygens (including phenoxy) is 1. The van der Waals surface area contributed by atoms with Crippen molar-refractivity contribution in [2.45, 2.75) is 57.0 Å². The van der Waals surface area contributed by atoms with Gasteiger partial charge < -0.3 is 4.74 Å². The maximum atomic E-state index is 6.19. The van der Waals surface area contributed by atoms with Gasteiger partial charge in [-0.2, -0.15) is 0 Å². The van der Waals surface area contributed by atoms with Gasteiger partial charge in [-0.25, -0.2) is 0 Å². The smallest absolute Gasteiger partial charge is 0.0783 e. The van der Waals surface area contributed by atoms with Crippen LogP contribution in [0.5, 0.6) is 0 Å². The Kier molecular flexibility index (Phi) is 4.78. The first-order valence-corrected chi connectivity index (χ1v) is 12.3. The molecule has 0 aromatic heterocycles. The van der Waals surface area contributed by atoms with Crippen molar-refractivity contribution < 1.29 is 4.74 Å². The Bertz CT molecular complexity index is 171. The minimum Gasteiger partial charge on any atom is -0.382 e. The minimum atomic E-state index is -1.17. The fourth-order valence-corrected chi connectivity index (χ4v) is 14.9. The van der Waals surface area contributed by atoms with Gasteiger partial charge in [0.15, 0.2) is 0 Å². The molecule has 79 valence electrons. The maximum Gasteiger partial charge on any atom is 0.0783 e. The quantitative estimate of drug-likeness (QED) is 0.654. The molecule has 0 aromatic rings. The summed E-state index contributed by atoms with van der Waals surface area (Å²) in [5.41, 5.74) is 0. The average molecular weight is 223 g/mol. The standard InChI is InChI=1S/C10H24OSi2.Li/c1-12(2,3)10(13(4,5)6)8-7-9-11-10;/h7-9H2,1-6H3;. The van der Waals surface area contributed by atoms with Crippen molar-refractivity contribution in [3.63, 3.8) is 0 Å². The van der Waals surface area contributed by atoms with Crippen LogP contribution in [0.15, 0.2) is 0 Å². The fourth-order valence-electron chi connectivity index (χ4n) is 2.95. The predicted molar refractivity (Wildman–Crippen MR) is 70.4 cm³/mol. The third-order valence-corrected chi connectivity index (χ3v) is 13.6. The molecule has 1 radical (unpaired) electrons. The van der Waals surface area contributed by atoms with Gasteiger partial charge in [-0.05, 0) is 12.8 Å². The van der Waals surface area contributed by atoms with E-state index in [0.717, 1.165) is 6.61 Å². The summed E-state index contributed by atoms with van der Waals surface area (Å²) in [5.74, 6) is 0. The maximum absolute atomic E-state index is 6.19. The number of hydrogen-bond donors (Lipinski definition) is 0. The van der Waals surface area contributed by atoms with Gasteiger partial charge in [0.25, 0.3) is 0 Å². The first-order valence-electron chi connectivity index (χ1n) is 5.35. The van der Waals surface area contributed by atoms with Crippen molar-refractivity contribution in [3.8, 4) is 0 Å². The van der Waals surface area contributed by atoms with Crippen molar-refractivity contribution in [2.24, 2.45) is 0 Å². The SMILES string of the molecule is C[Si](C)(C)C1([Si](C)(C)C)CCCO1.[Li]. The van der Waals surface area contributed by atoms with E-state index < -0.39 is 16.1 Å². The van der Waals surface area contributed by atoms with Gasteiger partial charge in [-0.15, -0.1) is 0 Å². The van der Waals surface area contributed by atoms with Crippen molar-refractivity contribution in [1.29, 1.82) is 0 Å². The largest absolute Gasteiger partial charge is 0.382 e. The molecule has 0 N–H and O–H groups in total. The second-order valence-corrected chi connectivity index (χ2v) is 17.4. The van der Waals surface area contributed by atoms with Gasteiger partial charge in [-0.1, -0.05) is 39.3 Å². The van der Waals surface area contributed by atoms with E-state index in [1.165, 1.54) is 12.8 Å². The molecule has 0 saturated carbocycles. The van der Waals surface area contributed by atoms with Crippen molar-refractivity contribution in [2.75, 3.05) is 6.61 Å². The van der Waals surface area contributed by atoms with Crippen LogP contribution in [0.25, 0.3) is 0 Å². The van der Waals surface area contributed by atoms with Crippen LogP contribution in [0.4, 0.5) is 0 Å². The van der Waals surface area contributed by atoms with Crippen LogP contribution in [0.2, 0.25) is 39.3 Å². The second-order valence-electron chi connectivity index (χ2n) is 6.28. The van der Waals surface area contributed by atoms with E-state index in [4.69, 9.17) is 4.74 Å². The molecule has 0 aromatic carbocycles. The minimum absolute atomic E-state index is 0. The molecule has 1 rings (SSSR count). The number of rotatable bonds is 2. The Morgan fingerprint density at radius 2 is 1.36 bits per heavy atom. The van der Waals surface area contributed by atoms with Crippen molar-refractivity contribution in [3.05, 3.63) is 0 Å². The van der Waals surface area contributed by atoms with E-state index in [9.17, 15) is 0 Å². The van der Waals surface area contributed by atoms with E-state index in [1.807, 2.05) is 0 Å². The molecular formula is C10H24LiOSi2. The topological polar surface area (TPSA) is 9.23 Å². The van der Waals surface area contributed by atoms with Crippen molar-refractivity contribution >= 4 is 35.0 Å². The molecular weight excluding hydrogens is 199 g/mol. The van der Waals surface area contributed by atoms with E-state index in [-0.39, 0.29) is 18.9 Å². The zero-order chi connectivity index (χ0) is 10.3. The normalized spacial score (nSPS) is 21.9. The summed E-state index contributed by atoms with van der Waals surface area (Å²) in [4.78, 5) is 0.347. The van der Waals surface area contributed by atoms with Crippen LogP contribution < -0.4 is 0 Å². The summed E-state index contributed by atoms with van der Waals surface area (Å²) in [7, 11) is -2.34. The summed E-state index contributed by atoms with van der Waals surface area (Å²) in [6.45, 7) is 15.8. The van der Waals surface area contributed by atoms with Gasteiger partial charge in [0, 0.05) is 30.3 Å². The van der Waals surface area contributed by atoms with Crippen LogP contribution in [0, 0.1) is 0 Å².